The lowest BCUT2D eigenvalue weighted by Gasteiger charge is -2.13. The summed E-state index contributed by atoms with van der Waals surface area (Å²) < 4.78 is 29.5. The summed E-state index contributed by atoms with van der Waals surface area (Å²) >= 11 is 0. The molecule has 1 saturated carbocycles. The molecule has 4 aromatic rings. The fourth-order valence-corrected chi connectivity index (χ4v) is 3.53. The Morgan fingerprint density at radius 2 is 2.17 bits per heavy atom. The summed E-state index contributed by atoms with van der Waals surface area (Å²) in [5, 5.41) is 8.06. The average Bonchev–Trinajstić information content (AvgIpc) is 3.46. The first-order chi connectivity index (χ1) is 15.2. The van der Waals surface area contributed by atoms with Crippen molar-refractivity contribution in [3.8, 4) is 17.1 Å². The Hall–Kier alpha value is -3.75. The van der Waals surface area contributed by atoms with Crippen LogP contribution in [0.3, 0.4) is 0 Å². The van der Waals surface area contributed by atoms with Crippen molar-refractivity contribution in [2.24, 2.45) is 5.73 Å². The highest BCUT2D eigenvalue weighted by Gasteiger charge is 2.51. The third-order valence-electron chi connectivity index (χ3n) is 5.38. The maximum atomic E-state index is 12.1. The molecule has 9 heteroatoms. The molecular weight excluding hydrogens is 370 g/mol. The number of amides is 1. The summed E-state index contributed by atoms with van der Waals surface area (Å²) in [6.07, 6.45) is 5.96. The summed E-state index contributed by atoms with van der Waals surface area (Å²) in [5.41, 5.74) is 6.54. The van der Waals surface area contributed by atoms with Crippen molar-refractivity contribution in [1.29, 1.82) is 0 Å². The van der Waals surface area contributed by atoms with Crippen LogP contribution in [0.5, 0.6) is 5.75 Å². The first kappa shape index (κ1) is 14.3. The average molecular weight is 392 g/mol. The highest BCUT2D eigenvalue weighted by Crippen LogP contribution is 2.48. The Morgan fingerprint density at radius 1 is 1.31 bits per heavy atom. The number of nitrogens with zero attached hydrogens (tertiary/aromatic N) is 5. The molecule has 1 aliphatic carbocycles. The zero-order chi connectivity index (χ0) is 22.7. The second kappa shape index (κ2) is 6.13. The van der Waals surface area contributed by atoms with Crippen molar-refractivity contribution in [2.75, 3.05) is 19.4 Å². The van der Waals surface area contributed by atoms with Gasteiger partial charge in [0.25, 0.3) is 0 Å². The second-order valence-electron chi connectivity index (χ2n) is 7.01. The van der Waals surface area contributed by atoms with E-state index in [-0.39, 0.29) is 5.82 Å². The molecule has 0 unspecified atom stereocenters. The van der Waals surface area contributed by atoms with E-state index in [1.165, 1.54) is 12.4 Å². The van der Waals surface area contributed by atoms with Gasteiger partial charge in [-0.05, 0) is 31.0 Å². The zero-order valence-electron chi connectivity index (χ0n) is 18.5. The number of rotatable bonds is 5. The normalized spacial score (nSPS) is 16.8. The van der Waals surface area contributed by atoms with E-state index in [0.29, 0.717) is 52.1 Å². The van der Waals surface area contributed by atoms with Gasteiger partial charge in [-0.2, -0.15) is 0 Å². The molecule has 0 bridgehead atoms. The van der Waals surface area contributed by atoms with Crippen molar-refractivity contribution < 1.29 is 13.6 Å². The molecule has 0 spiro atoms. The molecule has 0 atom stereocenters. The number of nitrogens with one attached hydrogen (secondary N) is 1. The molecule has 0 aromatic carbocycles. The van der Waals surface area contributed by atoms with Gasteiger partial charge in [-0.25, -0.2) is 14.5 Å². The molecule has 4 heterocycles. The van der Waals surface area contributed by atoms with E-state index in [9.17, 15) is 4.79 Å². The molecule has 0 radical (unpaired) electrons. The first-order valence-corrected chi connectivity index (χ1v) is 8.98. The van der Waals surface area contributed by atoms with Crippen LogP contribution in [0.15, 0.2) is 36.8 Å². The minimum absolute atomic E-state index is 0.150. The van der Waals surface area contributed by atoms with E-state index < -0.39 is 18.3 Å². The number of carbonyl (C=O) groups is 1. The van der Waals surface area contributed by atoms with Gasteiger partial charge in [-0.3, -0.25) is 9.78 Å². The summed E-state index contributed by atoms with van der Waals surface area (Å²) in [4.78, 5) is 25.3. The van der Waals surface area contributed by atoms with E-state index in [2.05, 4.69) is 25.4 Å². The van der Waals surface area contributed by atoms with Crippen molar-refractivity contribution >= 4 is 28.1 Å². The zero-order valence-corrected chi connectivity index (χ0v) is 15.5. The third-order valence-corrected chi connectivity index (χ3v) is 5.38. The standard InChI is InChI=1S/C20H19N7O2/c1-22-17-13-8-23-15(20(5-6-20)19(21)28)7-12(13)14(9-24-17)18-25-16-4-3-11(29-2)10-27(16)26-18/h3-4,7-10H,5-6H2,1-2H3,(H2,21,28)(H,22,24)/i1D3. The van der Waals surface area contributed by atoms with Gasteiger partial charge in [-0.1, -0.05) is 0 Å². The molecule has 0 aliphatic heterocycles. The number of carbonyl (C=O) groups excluding carboxylic acids is 1. The van der Waals surface area contributed by atoms with Crippen LogP contribution in [0.25, 0.3) is 27.8 Å². The molecular formula is C20H19N7O2. The van der Waals surface area contributed by atoms with E-state index in [0.717, 1.165) is 0 Å². The van der Waals surface area contributed by atoms with Crippen LogP contribution in [-0.2, 0) is 10.2 Å². The minimum Gasteiger partial charge on any atom is -0.495 e. The Morgan fingerprint density at radius 3 is 2.90 bits per heavy atom. The largest absolute Gasteiger partial charge is 0.495 e. The predicted molar refractivity (Wildman–Crippen MR) is 108 cm³/mol. The molecule has 3 N–H and O–H groups in total. The number of ether oxygens (including phenoxy) is 1. The summed E-state index contributed by atoms with van der Waals surface area (Å²) in [7, 11) is 1.56. The Balaban J connectivity index is 1.73. The quantitative estimate of drug-likeness (QED) is 0.532. The first-order valence-electron chi connectivity index (χ1n) is 10.5. The fraction of sp³-hybridized carbons (Fsp3) is 0.250. The van der Waals surface area contributed by atoms with Crippen LogP contribution in [-0.4, -0.2) is 44.6 Å². The topological polar surface area (TPSA) is 120 Å². The van der Waals surface area contributed by atoms with Gasteiger partial charge in [0.1, 0.15) is 11.6 Å². The smallest absolute Gasteiger partial charge is 0.229 e. The van der Waals surface area contributed by atoms with Gasteiger partial charge in [0.05, 0.1) is 24.4 Å². The predicted octanol–water partition coefficient (Wildman–Crippen LogP) is 1.91. The number of fused-ring (bicyclic) bond motifs is 2. The Kier molecular flexibility index (Phi) is 3.02. The molecule has 5 rings (SSSR count). The van der Waals surface area contributed by atoms with Crippen LogP contribution in [0.2, 0.25) is 0 Å². The molecule has 146 valence electrons. The summed E-state index contributed by atoms with van der Waals surface area (Å²) in [5.74, 6) is 0.728. The summed E-state index contributed by atoms with van der Waals surface area (Å²) in [6, 6.07) is 5.30. The van der Waals surface area contributed by atoms with E-state index >= 15 is 0 Å². The van der Waals surface area contributed by atoms with Crippen LogP contribution in [0.1, 0.15) is 22.6 Å². The molecule has 1 fully saturated rings. The van der Waals surface area contributed by atoms with Gasteiger partial charge in [0.2, 0.25) is 5.91 Å². The second-order valence-corrected chi connectivity index (χ2v) is 7.01. The maximum Gasteiger partial charge on any atom is 0.229 e. The lowest BCUT2D eigenvalue weighted by Crippen LogP contribution is -2.29. The molecule has 1 amide bonds. The monoisotopic (exact) mass is 392 g/mol. The lowest BCUT2D eigenvalue weighted by molar-refractivity contribution is -0.120. The molecule has 4 aromatic heterocycles. The Bertz CT molecular complexity index is 1380. The molecule has 0 saturated heterocycles. The van der Waals surface area contributed by atoms with Crippen molar-refractivity contribution in [1.82, 2.24) is 24.6 Å². The van der Waals surface area contributed by atoms with Crippen molar-refractivity contribution in [3.05, 3.63) is 42.5 Å². The number of nitrogens with two attached hydrogens (primary N) is 1. The number of hydrogen-bond donors (Lipinski definition) is 2. The highest BCUT2D eigenvalue weighted by atomic mass is 16.5. The van der Waals surface area contributed by atoms with Crippen molar-refractivity contribution in [2.45, 2.75) is 18.3 Å². The third kappa shape index (κ3) is 2.58. The van der Waals surface area contributed by atoms with Gasteiger partial charge >= 0.3 is 0 Å². The molecule has 1 aliphatic rings. The minimum atomic E-state index is -2.44. The number of methoxy groups -OCH3 is 1. The number of pyridine rings is 3. The number of primary amides is 1. The molecule has 29 heavy (non-hydrogen) atoms. The number of anilines is 1. The fourth-order valence-electron chi connectivity index (χ4n) is 3.53. The van der Waals surface area contributed by atoms with Crippen LogP contribution >= 0.6 is 0 Å². The number of hydrogen-bond acceptors (Lipinski definition) is 7. The lowest BCUT2D eigenvalue weighted by atomic mass is 9.97. The van der Waals surface area contributed by atoms with Gasteiger partial charge < -0.3 is 15.8 Å². The van der Waals surface area contributed by atoms with Crippen LogP contribution < -0.4 is 15.8 Å². The van der Waals surface area contributed by atoms with E-state index in [1.54, 1.807) is 36.0 Å². The van der Waals surface area contributed by atoms with E-state index in [1.807, 2.05) is 0 Å². The van der Waals surface area contributed by atoms with Gasteiger partial charge in [0.15, 0.2) is 11.5 Å². The maximum absolute atomic E-state index is 12.1. The van der Waals surface area contributed by atoms with Gasteiger partial charge in [-0.15, -0.1) is 5.10 Å². The Labute approximate surface area is 170 Å². The van der Waals surface area contributed by atoms with Gasteiger partial charge in [0, 0.05) is 39.8 Å². The van der Waals surface area contributed by atoms with E-state index in [4.69, 9.17) is 14.6 Å². The SMILES string of the molecule is [2H]C([2H])([2H])Nc1ncc(-c2nc3ccc(OC)cn3n2)c2cc(C3(C(N)=O)CC3)ncc12. The van der Waals surface area contributed by atoms with Crippen LogP contribution in [0, 0.1) is 0 Å². The molecule has 9 nitrogen and oxygen atoms in total. The summed E-state index contributed by atoms with van der Waals surface area (Å²) in [6.45, 7) is -2.44. The van der Waals surface area contributed by atoms with Crippen LogP contribution in [0.4, 0.5) is 5.82 Å². The van der Waals surface area contributed by atoms with Crippen molar-refractivity contribution in [3.63, 3.8) is 0 Å². The highest BCUT2D eigenvalue weighted by molar-refractivity contribution is 6.01. The number of aromatic nitrogens is 5.